The van der Waals surface area contributed by atoms with Crippen LogP contribution in [0.3, 0.4) is 0 Å². The predicted molar refractivity (Wildman–Crippen MR) is 201 cm³/mol. The van der Waals surface area contributed by atoms with Gasteiger partial charge in [-0.1, -0.05) is 49.5 Å². The second-order valence-electron chi connectivity index (χ2n) is 13.2. The number of guanidine groups is 1. The summed E-state index contributed by atoms with van der Waals surface area (Å²) in [5.74, 6) is -1.72. The molecule has 0 heterocycles. The topological polar surface area (TPSA) is 213 Å². The number of nitrogens with two attached hydrogens (primary N) is 2. The van der Waals surface area contributed by atoms with Crippen molar-refractivity contribution in [3.05, 3.63) is 0 Å². The van der Waals surface area contributed by atoms with E-state index in [-0.39, 0.29) is 120 Å². The number of unbranched alkanes of at least 4 members (excludes halogenated alkanes) is 1. The first-order chi connectivity index (χ1) is 22.4. The molecule has 0 aliphatic heterocycles. The number of hydrogen-bond donors (Lipinski definition) is 5. The molecular weight excluding hydrogens is 642 g/mol. The second kappa shape index (κ2) is 27.0. The zero-order valence-electron chi connectivity index (χ0n) is 30.7. The molecule has 0 saturated heterocycles. The van der Waals surface area contributed by atoms with Gasteiger partial charge in [-0.15, -0.1) is 0 Å². The van der Waals surface area contributed by atoms with E-state index in [0.29, 0.717) is 38.9 Å². The van der Waals surface area contributed by atoms with Gasteiger partial charge in [0.2, 0.25) is 29.5 Å². The van der Waals surface area contributed by atoms with E-state index in [0.717, 1.165) is 0 Å². The van der Waals surface area contributed by atoms with E-state index in [1.807, 2.05) is 20.8 Å². The lowest BCUT2D eigenvalue weighted by Crippen LogP contribution is -2.52. The minimum atomic E-state index is -0.508. The highest BCUT2D eigenvalue weighted by Gasteiger charge is 2.24. The summed E-state index contributed by atoms with van der Waals surface area (Å²) in [6, 6.07) is -0.508. The van der Waals surface area contributed by atoms with Crippen LogP contribution in [0.1, 0.15) is 109 Å². The van der Waals surface area contributed by atoms with Crippen molar-refractivity contribution < 1.29 is 28.8 Å². The van der Waals surface area contributed by atoms with Crippen molar-refractivity contribution >= 4 is 41.3 Å². The molecule has 0 spiro atoms. The van der Waals surface area contributed by atoms with Crippen LogP contribution in [0, 0.1) is 5.92 Å². The minimum Gasteiger partial charge on any atom is -0.370 e. The van der Waals surface area contributed by atoms with Crippen molar-refractivity contribution in [3.63, 3.8) is 0 Å². The highest BCUT2D eigenvalue weighted by atomic mass is 16.2. The Kier molecular flexibility index (Phi) is 27.4. The number of carbonyl (C=O) groups is 6. The average molecular weight is 714 g/mol. The normalized spacial score (nSPS) is 11.3. The third kappa shape index (κ3) is 23.6. The van der Waals surface area contributed by atoms with Crippen LogP contribution in [0.25, 0.3) is 0 Å². The molecule has 0 aliphatic rings. The number of Topliss-reactive ketones (excluding diaryl/α,β-unsaturated/α-hetero) is 1. The Morgan fingerprint density at radius 3 is 1.72 bits per heavy atom. The van der Waals surface area contributed by atoms with Crippen molar-refractivity contribution in [2.75, 3.05) is 58.9 Å². The Bertz CT molecular complexity index is 1070. The number of nitrogens with zero attached hydrogens (tertiary/aromatic N) is 4. The van der Waals surface area contributed by atoms with E-state index in [1.165, 1.54) is 14.7 Å². The van der Waals surface area contributed by atoms with Crippen molar-refractivity contribution in [1.29, 1.82) is 0 Å². The largest absolute Gasteiger partial charge is 0.370 e. The summed E-state index contributed by atoms with van der Waals surface area (Å²) in [4.78, 5) is 84.7. The maximum Gasteiger partial charge on any atom is 0.239 e. The first kappa shape index (κ1) is 50.6. The lowest BCUT2D eigenvalue weighted by molar-refractivity contribution is -0.137. The smallest absolute Gasteiger partial charge is 0.239 e. The van der Waals surface area contributed by atoms with Gasteiger partial charge in [0.25, 0.3) is 0 Å². The molecule has 0 saturated carbocycles. The lowest BCUT2D eigenvalue weighted by Gasteiger charge is -2.30. The summed E-state index contributed by atoms with van der Waals surface area (Å²) >= 11 is 0. The van der Waals surface area contributed by atoms with Crippen LogP contribution >= 0.6 is 0 Å². The van der Waals surface area contributed by atoms with E-state index in [4.69, 9.17) is 11.5 Å². The fourth-order valence-corrected chi connectivity index (χ4v) is 4.64. The van der Waals surface area contributed by atoms with E-state index in [9.17, 15) is 28.8 Å². The number of aliphatic imine (C=N–C) groups is 1. The quantitative estimate of drug-likeness (QED) is 0.0558. The standard InChI is InChI=1S/C33H63N9O6.2CH4/c1-9-29(46)40(21-26(43)24(4)5)18-16-36-27(44)22-42(31(48)11-3)20-25(14-12-13-15-37-32(34)35)39-28(45)23-41(30(47)10-2)19-17-38-33(6,7)8;;/h24-25,38H,9-23H2,1-8H3,(H,36,44)(H,39,45)(H4,34,35,37);2*1H4/t25-;;/m0../s1. The SMILES string of the molecule is C.C.CCC(=O)N(CCNC(C)(C)C)CC(=O)N[C@@H](CCCCN=C(N)N)CN(CC(=O)NCCN(CC(=O)C(C)C)C(=O)CC)C(=O)CC. The molecule has 0 aromatic rings. The Morgan fingerprint density at radius 1 is 0.720 bits per heavy atom. The highest BCUT2D eigenvalue weighted by Crippen LogP contribution is 2.07. The molecule has 1 atom stereocenters. The van der Waals surface area contributed by atoms with Gasteiger partial charge in [-0.3, -0.25) is 33.8 Å². The molecule has 0 unspecified atom stereocenters. The van der Waals surface area contributed by atoms with Gasteiger partial charge in [0.15, 0.2) is 11.7 Å². The summed E-state index contributed by atoms with van der Waals surface area (Å²) in [5.41, 5.74) is 10.7. The monoisotopic (exact) mass is 714 g/mol. The van der Waals surface area contributed by atoms with Crippen molar-refractivity contribution in [2.45, 2.75) is 120 Å². The van der Waals surface area contributed by atoms with Crippen LogP contribution in [-0.4, -0.2) is 126 Å². The zero-order chi connectivity index (χ0) is 36.9. The van der Waals surface area contributed by atoms with Gasteiger partial charge in [-0.2, -0.15) is 0 Å². The van der Waals surface area contributed by atoms with Gasteiger partial charge < -0.3 is 42.1 Å². The number of ketones is 1. The minimum absolute atomic E-state index is 0. The molecule has 15 nitrogen and oxygen atoms in total. The zero-order valence-corrected chi connectivity index (χ0v) is 30.7. The molecule has 0 rings (SSSR count). The number of hydrogen-bond acceptors (Lipinski definition) is 8. The number of amides is 5. The maximum absolute atomic E-state index is 13.2. The molecule has 0 bridgehead atoms. The second-order valence-corrected chi connectivity index (χ2v) is 13.2. The first-order valence-corrected chi connectivity index (χ1v) is 17.2. The molecule has 15 heteroatoms. The fraction of sp³-hybridized carbons (Fsp3) is 0.800. The van der Waals surface area contributed by atoms with E-state index in [1.54, 1.807) is 34.6 Å². The van der Waals surface area contributed by atoms with E-state index in [2.05, 4.69) is 20.9 Å². The van der Waals surface area contributed by atoms with Gasteiger partial charge in [0, 0.05) is 76.0 Å². The van der Waals surface area contributed by atoms with Crippen molar-refractivity contribution in [1.82, 2.24) is 30.7 Å². The van der Waals surface area contributed by atoms with E-state index >= 15 is 0 Å². The first-order valence-electron chi connectivity index (χ1n) is 17.2. The summed E-state index contributed by atoms with van der Waals surface area (Å²) in [6.45, 7) is 15.9. The third-order valence-electron chi connectivity index (χ3n) is 7.43. The summed E-state index contributed by atoms with van der Waals surface area (Å²) in [6.07, 6.45) is 2.38. The van der Waals surface area contributed by atoms with Gasteiger partial charge in [-0.25, -0.2) is 0 Å². The van der Waals surface area contributed by atoms with Gasteiger partial charge in [-0.05, 0) is 40.0 Å². The third-order valence-corrected chi connectivity index (χ3v) is 7.43. The Morgan fingerprint density at radius 2 is 1.22 bits per heavy atom. The molecule has 0 radical (unpaired) electrons. The summed E-state index contributed by atoms with van der Waals surface area (Å²) in [7, 11) is 0. The fourth-order valence-electron chi connectivity index (χ4n) is 4.64. The van der Waals surface area contributed by atoms with Crippen LogP contribution in [0.15, 0.2) is 4.99 Å². The molecule has 0 aromatic heterocycles. The number of nitrogens with one attached hydrogen (secondary N) is 3. The van der Waals surface area contributed by atoms with Crippen LogP contribution in [-0.2, 0) is 28.8 Å². The van der Waals surface area contributed by atoms with Crippen molar-refractivity contribution in [2.24, 2.45) is 22.4 Å². The molecule has 0 aromatic carbocycles. The number of rotatable bonds is 24. The lowest BCUT2D eigenvalue weighted by atomic mass is 10.1. The maximum atomic E-state index is 13.2. The van der Waals surface area contributed by atoms with Crippen LogP contribution in [0.4, 0.5) is 0 Å². The van der Waals surface area contributed by atoms with Crippen LogP contribution < -0.4 is 27.4 Å². The average Bonchev–Trinajstić information content (AvgIpc) is 3.00. The van der Waals surface area contributed by atoms with Gasteiger partial charge in [0.05, 0.1) is 19.6 Å². The van der Waals surface area contributed by atoms with E-state index < -0.39 is 11.9 Å². The highest BCUT2D eigenvalue weighted by molar-refractivity contribution is 5.88. The molecular formula is C35H71N9O6. The van der Waals surface area contributed by atoms with Crippen molar-refractivity contribution in [3.8, 4) is 0 Å². The molecule has 5 amide bonds. The molecule has 0 fully saturated rings. The Labute approximate surface area is 302 Å². The summed E-state index contributed by atoms with van der Waals surface area (Å²) in [5, 5.41) is 9.06. The molecule has 292 valence electrons. The Hall–Kier alpha value is -3.75. The predicted octanol–water partition coefficient (Wildman–Crippen LogP) is 1.63. The number of carbonyl (C=O) groups excluding carboxylic acids is 6. The molecule has 0 aliphatic carbocycles. The van der Waals surface area contributed by atoms with Crippen LogP contribution in [0.2, 0.25) is 0 Å². The van der Waals surface area contributed by atoms with Crippen LogP contribution in [0.5, 0.6) is 0 Å². The Balaban J connectivity index is -0.0000110. The molecule has 50 heavy (non-hydrogen) atoms. The van der Waals surface area contributed by atoms with Gasteiger partial charge >= 0.3 is 0 Å². The summed E-state index contributed by atoms with van der Waals surface area (Å²) < 4.78 is 0. The van der Waals surface area contributed by atoms with Gasteiger partial charge in [0.1, 0.15) is 0 Å². The molecule has 7 N–H and O–H groups in total.